The van der Waals surface area contributed by atoms with E-state index in [0.29, 0.717) is 35.2 Å². The van der Waals surface area contributed by atoms with Crippen molar-refractivity contribution in [3.05, 3.63) is 76.7 Å². The first-order valence-corrected chi connectivity index (χ1v) is 11.1. The number of carboxylic acids is 1. The number of aromatic nitrogens is 1. The fourth-order valence-electron chi connectivity index (χ4n) is 4.25. The Balaban J connectivity index is 1.64. The molecule has 3 aromatic rings. The third kappa shape index (κ3) is 4.75. The Morgan fingerprint density at radius 1 is 1.14 bits per heavy atom. The van der Waals surface area contributed by atoms with E-state index in [0.717, 1.165) is 12.1 Å². The molecule has 10 heteroatoms. The molecule has 36 heavy (non-hydrogen) atoms. The van der Waals surface area contributed by atoms with Crippen molar-refractivity contribution >= 4 is 17.6 Å². The lowest BCUT2D eigenvalue weighted by molar-refractivity contribution is -0.137. The second-order valence-electron chi connectivity index (χ2n) is 8.57. The first kappa shape index (κ1) is 25.2. The summed E-state index contributed by atoms with van der Waals surface area (Å²) in [6.07, 6.45) is -2.71. The highest BCUT2D eigenvalue weighted by Crippen LogP contribution is 2.50. The van der Waals surface area contributed by atoms with Crippen molar-refractivity contribution < 1.29 is 37.0 Å². The Kier molecular flexibility index (Phi) is 6.46. The smallest absolute Gasteiger partial charge is 0.416 e. The van der Waals surface area contributed by atoms with Crippen LogP contribution in [0.25, 0.3) is 11.1 Å². The van der Waals surface area contributed by atoms with Crippen molar-refractivity contribution in [1.29, 1.82) is 0 Å². The zero-order chi connectivity index (χ0) is 26.3. The molecule has 1 amide bonds. The van der Waals surface area contributed by atoms with E-state index >= 15 is 0 Å². The van der Waals surface area contributed by atoms with Crippen LogP contribution in [0.4, 0.5) is 23.2 Å². The molecule has 1 aromatic heterocycles. The number of halogens is 4. The summed E-state index contributed by atoms with van der Waals surface area (Å²) in [6.45, 7) is 3.92. The second kappa shape index (κ2) is 9.25. The molecule has 0 radical (unpaired) electrons. The summed E-state index contributed by atoms with van der Waals surface area (Å²) in [7, 11) is 0. The third-order valence-electron chi connectivity index (χ3n) is 6.14. The molecule has 4 rings (SSSR count). The first-order valence-electron chi connectivity index (χ1n) is 11.1. The molecule has 0 aliphatic heterocycles. The number of alkyl halides is 3. The number of rotatable bonds is 7. The summed E-state index contributed by atoms with van der Waals surface area (Å²) >= 11 is 0. The molecule has 1 heterocycles. The molecule has 2 aromatic carbocycles. The number of amides is 1. The molecule has 1 aliphatic carbocycles. The molecule has 0 unspecified atom stereocenters. The highest BCUT2D eigenvalue weighted by molar-refractivity contribution is 6.04. The van der Waals surface area contributed by atoms with Gasteiger partial charge in [-0.3, -0.25) is 4.79 Å². The topological polar surface area (TPSA) is 88.5 Å². The molecule has 2 N–H and O–H groups in total. The lowest BCUT2D eigenvalue weighted by Crippen LogP contribution is -2.29. The SMILES string of the molecule is CCOc1ccc(-c2c(C)cc(NC(=O)C3(c4ccc(C(F)(F)F)cc4F)CC3)cc2C(=O)O)cn1. The van der Waals surface area contributed by atoms with Gasteiger partial charge in [-0.05, 0) is 62.6 Å². The highest BCUT2D eigenvalue weighted by atomic mass is 19.4. The van der Waals surface area contributed by atoms with Crippen molar-refractivity contribution in [2.24, 2.45) is 0 Å². The lowest BCUT2D eigenvalue weighted by atomic mass is 9.92. The number of nitrogens with one attached hydrogen (secondary N) is 1. The molecule has 0 bridgehead atoms. The average molecular weight is 502 g/mol. The maximum atomic E-state index is 14.6. The predicted molar refractivity (Wildman–Crippen MR) is 123 cm³/mol. The number of nitrogens with zero attached hydrogens (tertiary/aromatic N) is 1. The third-order valence-corrected chi connectivity index (χ3v) is 6.14. The van der Waals surface area contributed by atoms with Crippen molar-refractivity contribution in [3.63, 3.8) is 0 Å². The van der Waals surface area contributed by atoms with Crippen molar-refractivity contribution in [2.45, 2.75) is 38.3 Å². The summed E-state index contributed by atoms with van der Waals surface area (Å²) in [5, 5.41) is 12.5. The van der Waals surface area contributed by atoms with Crippen molar-refractivity contribution in [2.75, 3.05) is 11.9 Å². The minimum Gasteiger partial charge on any atom is -0.478 e. The number of pyridine rings is 1. The molecular weight excluding hydrogens is 480 g/mol. The molecule has 1 saturated carbocycles. The monoisotopic (exact) mass is 502 g/mol. The van der Waals surface area contributed by atoms with Gasteiger partial charge in [0.1, 0.15) is 5.82 Å². The first-order chi connectivity index (χ1) is 17.0. The molecule has 188 valence electrons. The number of carboxylic acid groups (broad SMARTS) is 1. The maximum absolute atomic E-state index is 14.6. The minimum atomic E-state index is -4.70. The van der Waals surface area contributed by atoms with Crippen LogP contribution in [0.1, 0.15) is 46.8 Å². The quantitative estimate of drug-likeness (QED) is 0.388. The molecule has 1 aliphatic rings. The van der Waals surface area contributed by atoms with Gasteiger partial charge in [0, 0.05) is 34.6 Å². The summed E-state index contributed by atoms with van der Waals surface area (Å²) in [6, 6.07) is 8.29. The molecule has 0 spiro atoms. The summed E-state index contributed by atoms with van der Waals surface area (Å²) < 4.78 is 58.6. The molecule has 6 nitrogen and oxygen atoms in total. The van der Waals surface area contributed by atoms with E-state index < -0.39 is 34.8 Å². The van der Waals surface area contributed by atoms with Gasteiger partial charge in [0.2, 0.25) is 11.8 Å². The van der Waals surface area contributed by atoms with Gasteiger partial charge in [-0.1, -0.05) is 6.07 Å². The molecule has 0 saturated heterocycles. The van der Waals surface area contributed by atoms with Crippen LogP contribution in [0.3, 0.4) is 0 Å². The van der Waals surface area contributed by atoms with E-state index in [2.05, 4.69) is 10.3 Å². The van der Waals surface area contributed by atoms with Crippen LogP contribution in [-0.4, -0.2) is 28.6 Å². The maximum Gasteiger partial charge on any atom is 0.416 e. The Hall–Kier alpha value is -3.95. The van der Waals surface area contributed by atoms with Crippen LogP contribution in [0.2, 0.25) is 0 Å². The normalized spacial score (nSPS) is 14.3. The van der Waals surface area contributed by atoms with Crippen LogP contribution in [0.5, 0.6) is 5.88 Å². The van der Waals surface area contributed by atoms with Gasteiger partial charge in [-0.15, -0.1) is 0 Å². The Morgan fingerprint density at radius 3 is 2.39 bits per heavy atom. The van der Waals surface area contributed by atoms with E-state index in [-0.39, 0.29) is 29.7 Å². The number of aromatic carboxylic acids is 1. The van der Waals surface area contributed by atoms with Gasteiger partial charge in [0.25, 0.3) is 0 Å². The van der Waals surface area contributed by atoms with Gasteiger partial charge in [-0.25, -0.2) is 14.2 Å². The van der Waals surface area contributed by atoms with Crippen molar-refractivity contribution in [3.8, 4) is 17.0 Å². The number of benzene rings is 2. The zero-order valence-electron chi connectivity index (χ0n) is 19.4. The van der Waals surface area contributed by atoms with Crippen LogP contribution in [-0.2, 0) is 16.4 Å². The Morgan fingerprint density at radius 2 is 1.86 bits per heavy atom. The predicted octanol–water partition coefficient (Wildman–Crippen LogP) is 5.98. The number of anilines is 1. The fourth-order valence-corrected chi connectivity index (χ4v) is 4.25. The van der Waals surface area contributed by atoms with Crippen molar-refractivity contribution in [1.82, 2.24) is 4.98 Å². The Labute approximate surface area is 203 Å². The van der Waals surface area contributed by atoms with Gasteiger partial charge in [0.15, 0.2) is 0 Å². The number of aryl methyl sites for hydroxylation is 1. The largest absolute Gasteiger partial charge is 0.478 e. The number of carbonyl (C=O) groups excluding carboxylic acids is 1. The van der Waals surface area contributed by atoms with Gasteiger partial charge in [0.05, 0.1) is 23.1 Å². The summed E-state index contributed by atoms with van der Waals surface area (Å²) in [5.41, 5.74) is -0.993. The molecule has 0 atom stereocenters. The fraction of sp³-hybridized carbons (Fsp3) is 0.269. The standard InChI is InChI=1S/C26H22F4N2O4/c1-3-36-21-7-4-15(13-31-21)22-14(2)10-17(12-18(22)23(33)34)32-24(35)25(8-9-25)19-6-5-16(11-20(19)27)26(28,29)30/h4-7,10-13H,3,8-9H2,1-2H3,(H,32,35)(H,33,34). The van der Waals surface area contributed by atoms with Gasteiger partial charge in [-0.2, -0.15) is 13.2 Å². The van der Waals surface area contributed by atoms with Crippen LogP contribution < -0.4 is 10.1 Å². The van der Waals surface area contributed by atoms with E-state index in [4.69, 9.17) is 4.74 Å². The zero-order valence-corrected chi connectivity index (χ0v) is 19.4. The minimum absolute atomic E-state index is 0.0817. The summed E-state index contributed by atoms with van der Waals surface area (Å²) in [4.78, 5) is 29.3. The van der Waals surface area contributed by atoms with Gasteiger partial charge >= 0.3 is 12.1 Å². The average Bonchev–Trinajstić information content (AvgIpc) is 3.61. The Bertz CT molecular complexity index is 1330. The molecule has 1 fully saturated rings. The lowest BCUT2D eigenvalue weighted by Gasteiger charge is -2.19. The van der Waals surface area contributed by atoms with E-state index in [9.17, 15) is 32.3 Å². The van der Waals surface area contributed by atoms with Crippen LogP contribution >= 0.6 is 0 Å². The number of carbonyl (C=O) groups is 2. The number of ether oxygens (including phenoxy) is 1. The molecular formula is C26H22F4N2O4. The summed E-state index contributed by atoms with van der Waals surface area (Å²) in [5.74, 6) is -2.57. The second-order valence-corrected chi connectivity index (χ2v) is 8.57. The van der Waals surface area contributed by atoms with E-state index in [1.54, 1.807) is 25.1 Å². The number of hydrogen-bond acceptors (Lipinski definition) is 4. The highest BCUT2D eigenvalue weighted by Gasteiger charge is 2.53. The van der Waals surface area contributed by atoms with E-state index in [1.165, 1.54) is 12.3 Å². The van der Waals surface area contributed by atoms with E-state index in [1.807, 2.05) is 6.92 Å². The van der Waals surface area contributed by atoms with Crippen LogP contribution in [0, 0.1) is 12.7 Å². The number of hydrogen-bond donors (Lipinski definition) is 2. The van der Waals surface area contributed by atoms with Crippen LogP contribution in [0.15, 0.2) is 48.7 Å². The van der Waals surface area contributed by atoms with Gasteiger partial charge < -0.3 is 15.2 Å².